The third-order valence-corrected chi connectivity index (χ3v) is 5.04. The maximum absolute atomic E-state index is 12.3. The zero-order valence-corrected chi connectivity index (χ0v) is 15.5. The highest BCUT2D eigenvalue weighted by molar-refractivity contribution is 5.91. The molecule has 25 heavy (non-hydrogen) atoms. The van der Waals surface area contributed by atoms with Gasteiger partial charge < -0.3 is 10.6 Å². The van der Waals surface area contributed by atoms with Gasteiger partial charge in [0.15, 0.2) is 6.54 Å². The molecular weight excluding hydrogens is 308 g/mol. The van der Waals surface area contributed by atoms with Crippen LogP contribution in [0.3, 0.4) is 0 Å². The summed E-state index contributed by atoms with van der Waals surface area (Å²) in [6.45, 7) is 7.03. The Kier molecular flexibility index (Phi) is 5.24. The van der Waals surface area contributed by atoms with Crippen LogP contribution >= 0.6 is 0 Å². The maximum atomic E-state index is 12.3. The summed E-state index contributed by atoms with van der Waals surface area (Å²) >= 11 is 0. The summed E-state index contributed by atoms with van der Waals surface area (Å²) in [4.78, 5) is 12.3. The standard InChI is InChI=1S/C22H28N2O/c1-22(2,3)17-11-13-18(14-12-17)24-21(25)15-23-20-10-6-8-16-7-4-5-9-19(16)20/h4-5,7,9,11-14,20,23H,6,8,10,15H2,1-3H3,(H,24,25)/p+1/t20-/m0/s1. The van der Waals surface area contributed by atoms with Crippen LogP contribution in [0.25, 0.3) is 0 Å². The first-order valence-electron chi connectivity index (χ1n) is 9.25. The van der Waals surface area contributed by atoms with Crippen molar-refractivity contribution in [1.82, 2.24) is 0 Å². The Bertz CT molecular complexity index is 728. The predicted octanol–water partition coefficient (Wildman–Crippen LogP) is 3.56. The van der Waals surface area contributed by atoms with Gasteiger partial charge in [0.05, 0.1) is 0 Å². The van der Waals surface area contributed by atoms with E-state index in [1.54, 1.807) is 0 Å². The Balaban J connectivity index is 1.55. The van der Waals surface area contributed by atoms with E-state index >= 15 is 0 Å². The van der Waals surface area contributed by atoms with E-state index in [9.17, 15) is 4.79 Å². The second-order valence-electron chi connectivity index (χ2n) is 8.01. The number of aryl methyl sites for hydroxylation is 1. The normalized spacial score (nSPS) is 17.0. The van der Waals surface area contributed by atoms with Crippen molar-refractivity contribution in [1.29, 1.82) is 0 Å². The fourth-order valence-electron chi connectivity index (χ4n) is 3.55. The van der Waals surface area contributed by atoms with Crippen molar-refractivity contribution in [3.63, 3.8) is 0 Å². The van der Waals surface area contributed by atoms with Crippen molar-refractivity contribution in [2.24, 2.45) is 0 Å². The minimum atomic E-state index is 0.0616. The van der Waals surface area contributed by atoms with Crippen LogP contribution in [0.15, 0.2) is 48.5 Å². The van der Waals surface area contributed by atoms with Gasteiger partial charge in [0.25, 0.3) is 5.91 Å². The molecule has 1 aliphatic rings. The number of hydrogen-bond acceptors (Lipinski definition) is 1. The van der Waals surface area contributed by atoms with Crippen molar-refractivity contribution >= 4 is 11.6 Å². The lowest BCUT2D eigenvalue weighted by molar-refractivity contribution is -0.687. The molecule has 3 N–H and O–H groups in total. The van der Waals surface area contributed by atoms with Crippen LogP contribution in [0, 0.1) is 0 Å². The first-order valence-corrected chi connectivity index (χ1v) is 9.25. The number of fused-ring (bicyclic) bond motifs is 1. The number of carbonyl (C=O) groups excluding carboxylic acids is 1. The summed E-state index contributed by atoms with van der Waals surface area (Å²) < 4.78 is 0. The number of rotatable bonds is 4. The van der Waals surface area contributed by atoms with E-state index in [0.29, 0.717) is 12.6 Å². The highest BCUT2D eigenvalue weighted by Crippen LogP contribution is 2.26. The smallest absolute Gasteiger partial charge is 0.279 e. The van der Waals surface area contributed by atoms with Crippen LogP contribution in [0.2, 0.25) is 0 Å². The van der Waals surface area contributed by atoms with Crippen molar-refractivity contribution in [3.8, 4) is 0 Å². The second kappa shape index (κ2) is 7.40. The molecule has 3 heteroatoms. The molecule has 0 bridgehead atoms. The highest BCUT2D eigenvalue weighted by atomic mass is 16.1. The first kappa shape index (κ1) is 17.7. The maximum Gasteiger partial charge on any atom is 0.279 e. The lowest BCUT2D eigenvalue weighted by Crippen LogP contribution is -2.87. The molecule has 3 rings (SSSR count). The predicted molar refractivity (Wildman–Crippen MR) is 103 cm³/mol. The van der Waals surface area contributed by atoms with Crippen molar-refractivity contribution < 1.29 is 10.1 Å². The van der Waals surface area contributed by atoms with Crippen molar-refractivity contribution in [3.05, 3.63) is 65.2 Å². The number of carbonyl (C=O) groups is 1. The number of hydrogen-bond donors (Lipinski definition) is 2. The molecule has 0 aliphatic heterocycles. The molecule has 0 aromatic heterocycles. The van der Waals surface area contributed by atoms with Gasteiger partial charge in [-0.1, -0.05) is 57.2 Å². The van der Waals surface area contributed by atoms with Gasteiger partial charge >= 0.3 is 0 Å². The van der Waals surface area contributed by atoms with Gasteiger partial charge in [-0.2, -0.15) is 0 Å². The zero-order chi connectivity index (χ0) is 17.9. The quantitative estimate of drug-likeness (QED) is 0.880. The van der Waals surface area contributed by atoms with Crippen LogP contribution in [-0.2, 0) is 16.6 Å². The van der Waals surface area contributed by atoms with Gasteiger partial charge in [0, 0.05) is 17.7 Å². The van der Waals surface area contributed by atoms with E-state index in [2.05, 4.69) is 67.8 Å². The fourth-order valence-corrected chi connectivity index (χ4v) is 3.55. The van der Waals surface area contributed by atoms with E-state index < -0.39 is 0 Å². The van der Waals surface area contributed by atoms with E-state index in [-0.39, 0.29) is 11.3 Å². The fraction of sp³-hybridized carbons (Fsp3) is 0.409. The SMILES string of the molecule is CC(C)(C)c1ccc(NC(=O)C[NH2+][C@H]2CCCc3ccccc32)cc1. The third kappa shape index (κ3) is 4.49. The molecule has 0 radical (unpaired) electrons. The van der Waals surface area contributed by atoms with Gasteiger partial charge in [-0.05, 0) is 41.5 Å². The number of benzene rings is 2. The summed E-state index contributed by atoms with van der Waals surface area (Å²) in [6.07, 6.45) is 3.51. The molecule has 1 amide bonds. The molecule has 1 atom stereocenters. The Hall–Kier alpha value is -2.13. The highest BCUT2D eigenvalue weighted by Gasteiger charge is 2.23. The van der Waals surface area contributed by atoms with Crippen molar-refractivity contribution in [2.45, 2.75) is 51.5 Å². The van der Waals surface area contributed by atoms with Crippen LogP contribution in [0.4, 0.5) is 5.69 Å². The third-order valence-electron chi connectivity index (χ3n) is 5.04. The Labute approximate surface area is 150 Å². The Morgan fingerprint density at radius 3 is 2.56 bits per heavy atom. The van der Waals surface area contributed by atoms with Gasteiger partial charge in [0.1, 0.15) is 6.04 Å². The number of nitrogens with two attached hydrogens (primary N) is 1. The van der Waals surface area contributed by atoms with Gasteiger partial charge in [-0.25, -0.2) is 0 Å². The van der Waals surface area contributed by atoms with E-state index in [0.717, 1.165) is 18.5 Å². The Morgan fingerprint density at radius 1 is 1.12 bits per heavy atom. The van der Waals surface area contributed by atoms with Gasteiger partial charge in [-0.3, -0.25) is 4.79 Å². The van der Waals surface area contributed by atoms with Crippen LogP contribution in [-0.4, -0.2) is 12.5 Å². The number of nitrogens with one attached hydrogen (secondary N) is 1. The van der Waals surface area contributed by atoms with E-state index in [4.69, 9.17) is 0 Å². The van der Waals surface area contributed by atoms with Crippen LogP contribution < -0.4 is 10.6 Å². The summed E-state index contributed by atoms with van der Waals surface area (Å²) in [5.41, 5.74) is 5.11. The number of anilines is 1. The molecule has 0 fully saturated rings. The summed E-state index contributed by atoms with van der Waals surface area (Å²) in [7, 11) is 0. The van der Waals surface area contributed by atoms with Crippen molar-refractivity contribution in [2.75, 3.05) is 11.9 Å². The summed E-state index contributed by atoms with van der Waals surface area (Å²) in [5, 5.41) is 5.19. The summed E-state index contributed by atoms with van der Waals surface area (Å²) in [6, 6.07) is 17.2. The molecule has 0 saturated carbocycles. The largest absolute Gasteiger partial charge is 0.332 e. The molecule has 2 aromatic rings. The molecule has 0 unspecified atom stereocenters. The van der Waals surface area contributed by atoms with Gasteiger partial charge in [0.2, 0.25) is 0 Å². The average Bonchev–Trinajstić information content (AvgIpc) is 2.59. The van der Waals surface area contributed by atoms with E-state index in [1.807, 2.05) is 12.1 Å². The molecular formula is C22H29N2O+. The monoisotopic (exact) mass is 337 g/mol. The van der Waals surface area contributed by atoms with Gasteiger partial charge in [-0.15, -0.1) is 0 Å². The lowest BCUT2D eigenvalue weighted by Gasteiger charge is -2.23. The molecule has 3 nitrogen and oxygen atoms in total. The second-order valence-corrected chi connectivity index (χ2v) is 8.01. The zero-order valence-electron chi connectivity index (χ0n) is 15.5. The minimum Gasteiger partial charge on any atom is -0.332 e. The number of amides is 1. The molecule has 2 aromatic carbocycles. The molecule has 0 spiro atoms. The Morgan fingerprint density at radius 2 is 1.84 bits per heavy atom. The molecule has 0 heterocycles. The topological polar surface area (TPSA) is 45.7 Å². The lowest BCUT2D eigenvalue weighted by atomic mass is 9.87. The molecule has 132 valence electrons. The average molecular weight is 337 g/mol. The molecule has 1 aliphatic carbocycles. The van der Waals surface area contributed by atoms with E-state index in [1.165, 1.54) is 23.1 Å². The number of quaternary nitrogens is 1. The van der Waals surface area contributed by atoms with Crippen LogP contribution in [0.5, 0.6) is 0 Å². The first-order chi connectivity index (χ1) is 11.9. The van der Waals surface area contributed by atoms with Crippen LogP contribution in [0.1, 0.15) is 56.3 Å². The minimum absolute atomic E-state index is 0.0616. The molecule has 0 saturated heterocycles. The summed E-state index contributed by atoms with van der Waals surface area (Å²) in [5.74, 6) is 0.0616.